The lowest BCUT2D eigenvalue weighted by atomic mass is 10.1. The van der Waals surface area contributed by atoms with Gasteiger partial charge in [-0.3, -0.25) is 9.10 Å². The maximum Gasteiger partial charge on any atom is 0.253 e. The molecule has 0 radical (unpaired) electrons. The van der Waals surface area contributed by atoms with E-state index in [1.807, 2.05) is 38.1 Å². The first kappa shape index (κ1) is 21.1. The summed E-state index contributed by atoms with van der Waals surface area (Å²) in [6, 6.07) is 12.0. The van der Waals surface area contributed by atoms with Crippen LogP contribution in [0.5, 0.6) is 5.75 Å². The van der Waals surface area contributed by atoms with Gasteiger partial charge in [0.05, 0.1) is 28.6 Å². The number of carbonyl (C=O) groups is 1. The highest BCUT2D eigenvalue weighted by Crippen LogP contribution is 2.24. The summed E-state index contributed by atoms with van der Waals surface area (Å²) >= 11 is 6.18. The highest BCUT2D eigenvalue weighted by atomic mass is 35.5. The van der Waals surface area contributed by atoms with Gasteiger partial charge in [-0.2, -0.15) is 0 Å². The van der Waals surface area contributed by atoms with E-state index in [2.05, 4.69) is 5.32 Å². The lowest BCUT2D eigenvalue weighted by molar-refractivity contribution is 0.0951. The van der Waals surface area contributed by atoms with Crippen LogP contribution in [0.15, 0.2) is 42.5 Å². The van der Waals surface area contributed by atoms with Gasteiger partial charge >= 0.3 is 0 Å². The van der Waals surface area contributed by atoms with Gasteiger partial charge in [0.2, 0.25) is 10.0 Å². The van der Waals surface area contributed by atoms with Crippen molar-refractivity contribution < 1.29 is 17.9 Å². The van der Waals surface area contributed by atoms with Gasteiger partial charge in [-0.15, -0.1) is 0 Å². The summed E-state index contributed by atoms with van der Waals surface area (Å²) < 4.78 is 30.0. The highest BCUT2D eigenvalue weighted by molar-refractivity contribution is 7.92. The van der Waals surface area contributed by atoms with Gasteiger partial charge in [0, 0.05) is 13.6 Å². The second kappa shape index (κ2) is 8.63. The van der Waals surface area contributed by atoms with Gasteiger partial charge in [-0.25, -0.2) is 8.42 Å². The number of carbonyl (C=O) groups excluding carboxylic acids is 1. The van der Waals surface area contributed by atoms with Crippen molar-refractivity contribution in [3.8, 4) is 5.75 Å². The van der Waals surface area contributed by atoms with Crippen LogP contribution >= 0.6 is 11.6 Å². The van der Waals surface area contributed by atoms with E-state index in [-0.39, 0.29) is 22.6 Å². The summed E-state index contributed by atoms with van der Waals surface area (Å²) in [5.74, 6) is 0.395. The summed E-state index contributed by atoms with van der Waals surface area (Å²) in [5, 5.41) is 2.98. The van der Waals surface area contributed by atoms with Crippen molar-refractivity contribution in [2.75, 3.05) is 17.6 Å². The Labute approximate surface area is 165 Å². The minimum atomic E-state index is -3.40. The topological polar surface area (TPSA) is 75.7 Å². The third-order valence-corrected chi connectivity index (χ3v) is 5.30. The maximum absolute atomic E-state index is 12.4. The number of anilines is 1. The summed E-state index contributed by atoms with van der Waals surface area (Å²) in [7, 11) is -1.98. The molecule has 8 heteroatoms. The molecule has 2 aromatic carbocycles. The Morgan fingerprint density at radius 1 is 1.22 bits per heavy atom. The Balaban J connectivity index is 2.08. The van der Waals surface area contributed by atoms with Crippen molar-refractivity contribution in [3.63, 3.8) is 0 Å². The molecule has 2 rings (SSSR count). The molecule has 0 aromatic heterocycles. The fourth-order valence-electron chi connectivity index (χ4n) is 2.35. The van der Waals surface area contributed by atoms with E-state index < -0.39 is 10.0 Å². The number of sulfonamides is 1. The average molecular weight is 411 g/mol. The summed E-state index contributed by atoms with van der Waals surface area (Å²) in [5.41, 5.74) is 1.56. The molecule has 6 nitrogen and oxygen atoms in total. The Kier molecular flexibility index (Phi) is 6.73. The van der Waals surface area contributed by atoms with E-state index in [1.54, 1.807) is 6.07 Å². The van der Waals surface area contributed by atoms with Gasteiger partial charge in [-0.1, -0.05) is 23.7 Å². The molecule has 0 bridgehead atoms. The molecule has 1 N–H and O–H groups in total. The molecule has 0 spiro atoms. The average Bonchev–Trinajstić information content (AvgIpc) is 2.58. The number of benzene rings is 2. The largest absolute Gasteiger partial charge is 0.491 e. The molecule has 0 aliphatic carbocycles. The van der Waals surface area contributed by atoms with Crippen molar-refractivity contribution in [2.24, 2.45) is 0 Å². The Morgan fingerprint density at radius 3 is 2.52 bits per heavy atom. The Morgan fingerprint density at radius 2 is 1.93 bits per heavy atom. The molecule has 146 valence electrons. The number of hydrogen-bond donors (Lipinski definition) is 1. The van der Waals surface area contributed by atoms with Crippen LogP contribution in [0.4, 0.5) is 5.69 Å². The first-order valence-electron chi connectivity index (χ1n) is 8.35. The van der Waals surface area contributed by atoms with Gasteiger partial charge in [-0.05, 0) is 49.7 Å². The van der Waals surface area contributed by atoms with Crippen LogP contribution in [-0.2, 0) is 16.6 Å². The van der Waals surface area contributed by atoms with Crippen LogP contribution in [0.3, 0.4) is 0 Å². The van der Waals surface area contributed by atoms with Crippen molar-refractivity contribution in [3.05, 3.63) is 58.6 Å². The van der Waals surface area contributed by atoms with Crippen molar-refractivity contribution in [1.29, 1.82) is 0 Å². The number of nitrogens with one attached hydrogen (secondary N) is 1. The van der Waals surface area contributed by atoms with Crippen molar-refractivity contribution in [2.45, 2.75) is 26.5 Å². The predicted octanol–water partition coefficient (Wildman–Crippen LogP) is 3.45. The van der Waals surface area contributed by atoms with Crippen LogP contribution < -0.4 is 14.4 Å². The van der Waals surface area contributed by atoms with E-state index >= 15 is 0 Å². The molecular weight excluding hydrogens is 388 g/mol. The van der Waals surface area contributed by atoms with E-state index in [0.717, 1.165) is 21.9 Å². The van der Waals surface area contributed by atoms with E-state index in [0.29, 0.717) is 12.2 Å². The lowest BCUT2D eigenvalue weighted by Crippen LogP contribution is -2.26. The van der Waals surface area contributed by atoms with Crippen LogP contribution in [0.2, 0.25) is 5.02 Å². The summed E-state index contributed by atoms with van der Waals surface area (Å²) in [6.45, 7) is 4.21. The number of halogens is 1. The third-order valence-electron chi connectivity index (χ3n) is 3.78. The first-order valence-corrected chi connectivity index (χ1v) is 10.6. The monoisotopic (exact) mass is 410 g/mol. The van der Waals surface area contributed by atoms with E-state index in [4.69, 9.17) is 16.3 Å². The fraction of sp³-hybridized carbons (Fsp3) is 0.316. The molecule has 0 fully saturated rings. The van der Waals surface area contributed by atoms with Gasteiger partial charge < -0.3 is 10.1 Å². The first-order chi connectivity index (χ1) is 12.6. The van der Waals surface area contributed by atoms with Crippen LogP contribution in [0, 0.1) is 0 Å². The molecule has 0 heterocycles. The standard InChI is InChI=1S/C19H23ClN2O4S/c1-13(2)26-16-7-5-6-14(10-16)12-21-19(23)17-9-8-15(11-18(17)20)22(3)27(4,24)25/h5-11,13H,12H2,1-4H3,(H,21,23). The fourth-order valence-corrected chi connectivity index (χ4v) is 3.11. The van der Waals surface area contributed by atoms with Crippen LogP contribution in [-0.4, -0.2) is 33.7 Å². The number of nitrogens with zero attached hydrogens (tertiary/aromatic N) is 1. The normalized spacial score (nSPS) is 11.3. The molecule has 27 heavy (non-hydrogen) atoms. The number of ether oxygens (including phenoxy) is 1. The third kappa shape index (κ3) is 5.87. The molecular formula is C19H23ClN2O4S. The SMILES string of the molecule is CC(C)Oc1cccc(CNC(=O)c2ccc(N(C)S(C)(=O)=O)cc2Cl)c1. The Bertz CT molecular complexity index is 929. The number of amides is 1. The predicted molar refractivity (Wildman–Crippen MR) is 108 cm³/mol. The van der Waals surface area contributed by atoms with Crippen molar-refractivity contribution in [1.82, 2.24) is 5.32 Å². The van der Waals surface area contributed by atoms with Gasteiger partial charge in [0.25, 0.3) is 5.91 Å². The van der Waals surface area contributed by atoms with Crippen LogP contribution in [0.1, 0.15) is 29.8 Å². The summed E-state index contributed by atoms with van der Waals surface area (Å²) in [6.07, 6.45) is 1.16. The zero-order valence-electron chi connectivity index (χ0n) is 15.7. The van der Waals surface area contributed by atoms with E-state index in [9.17, 15) is 13.2 Å². The lowest BCUT2D eigenvalue weighted by Gasteiger charge is -2.17. The minimum Gasteiger partial charge on any atom is -0.491 e. The highest BCUT2D eigenvalue weighted by Gasteiger charge is 2.16. The molecule has 0 atom stereocenters. The van der Waals surface area contributed by atoms with Crippen LogP contribution in [0.25, 0.3) is 0 Å². The molecule has 0 aliphatic heterocycles. The smallest absolute Gasteiger partial charge is 0.253 e. The maximum atomic E-state index is 12.4. The quantitative estimate of drug-likeness (QED) is 0.758. The molecule has 0 unspecified atom stereocenters. The zero-order valence-corrected chi connectivity index (χ0v) is 17.3. The minimum absolute atomic E-state index is 0.0669. The number of hydrogen-bond acceptors (Lipinski definition) is 4. The number of rotatable bonds is 7. The molecule has 1 amide bonds. The second-order valence-electron chi connectivity index (χ2n) is 6.39. The van der Waals surface area contributed by atoms with Gasteiger partial charge in [0.1, 0.15) is 5.75 Å². The van der Waals surface area contributed by atoms with E-state index in [1.165, 1.54) is 19.2 Å². The molecule has 0 aliphatic rings. The molecule has 0 saturated carbocycles. The molecule has 2 aromatic rings. The zero-order chi connectivity index (χ0) is 20.2. The molecule has 0 saturated heterocycles. The van der Waals surface area contributed by atoms with Crippen molar-refractivity contribution >= 4 is 33.2 Å². The summed E-state index contributed by atoms with van der Waals surface area (Å²) in [4.78, 5) is 12.4. The Hall–Kier alpha value is -2.25. The van der Waals surface area contributed by atoms with Gasteiger partial charge in [0.15, 0.2) is 0 Å². The second-order valence-corrected chi connectivity index (χ2v) is 8.81.